The summed E-state index contributed by atoms with van der Waals surface area (Å²) in [7, 11) is 0. The number of aromatic carboxylic acids is 1. The molecule has 0 aliphatic rings. The summed E-state index contributed by atoms with van der Waals surface area (Å²) >= 11 is 0. The van der Waals surface area contributed by atoms with Gasteiger partial charge in [-0.3, -0.25) is 4.79 Å². The lowest BCUT2D eigenvalue weighted by atomic mass is 10.0. The van der Waals surface area contributed by atoms with Crippen LogP contribution in [0.15, 0.2) is 12.1 Å². The van der Waals surface area contributed by atoms with Crippen LogP contribution in [0.5, 0.6) is 5.75 Å². The molecule has 0 amide bonds. The average molecular weight is 180 g/mol. The van der Waals surface area contributed by atoms with E-state index in [9.17, 15) is 14.7 Å². The van der Waals surface area contributed by atoms with Crippen molar-refractivity contribution in [2.24, 2.45) is 0 Å². The highest BCUT2D eigenvalue weighted by molar-refractivity contribution is 5.93. The summed E-state index contributed by atoms with van der Waals surface area (Å²) in [4.78, 5) is 20.9. The maximum absolute atomic E-state index is 10.5. The first-order chi connectivity index (χ1) is 6.07. The third kappa shape index (κ3) is 1.51. The van der Waals surface area contributed by atoms with E-state index in [2.05, 4.69) is 0 Å². The molecule has 0 saturated heterocycles. The largest absolute Gasteiger partial charge is 0.507 e. The molecule has 0 atom stereocenters. The predicted octanol–water partition coefficient (Wildman–Crippen LogP) is 1.21. The second-order valence-corrected chi connectivity index (χ2v) is 2.60. The van der Waals surface area contributed by atoms with Crippen molar-refractivity contribution in [3.8, 4) is 5.75 Å². The van der Waals surface area contributed by atoms with E-state index in [0.717, 1.165) is 0 Å². The van der Waals surface area contributed by atoms with Gasteiger partial charge >= 0.3 is 5.97 Å². The van der Waals surface area contributed by atoms with Gasteiger partial charge in [0.1, 0.15) is 17.6 Å². The van der Waals surface area contributed by atoms with Crippen LogP contribution in [-0.4, -0.2) is 22.5 Å². The third-order valence-electron chi connectivity index (χ3n) is 1.83. The number of benzene rings is 1. The molecule has 1 rings (SSSR count). The second kappa shape index (κ2) is 3.26. The number of carboxylic acid groups (broad SMARTS) is 1. The molecule has 0 heterocycles. The number of aromatic hydroxyl groups is 1. The number of carboxylic acids is 1. The van der Waals surface area contributed by atoms with Crippen LogP contribution < -0.4 is 0 Å². The van der Waals surface area contributed by atoms with Gasteiger partial charge in [0.15, 0.2) is 0 Å². The highest BCUT2D eigenvalue weighted by atomic mass is 16.4. The van der Waals surface area contributed by atoms with E-state index in [0.29, 0.717) is 11.8 Å². The second-order valence-electron chi connectivity index (χ2n) is 2.60. The lowest BCUT2D eigenvalue weighted by Gasteiger charge is -2.04. The van der Waals surface area contributed by atoms with E-state index in [1.54, 1.807) is 0 Å². The van der Waals surface area contributed by atoms with E-state index in [4.69, 9.17) is 5.11 Å². The lowest BCUT2D eigenvalue weighted by molar-refractivity contribution is 0.0693. The van der Waals surface area contributed by atoms with Crippen molar-refractivity contribution in [3.05, 3.63) is 28.8 Å². The highest BCUT2D eigenvalue weighted by Crippen LogP contribution is 2.24. The van der Waals surface area contributed by atoms with Gasteiger partial charge in [-0.25, -0.2) is 4.79 Å². The lowest BCUT2D eigenvalue weighted by Crippen LogP contribution is -1.99. The first-order valence-electron chi connectivity index (χ1n) is 3.59. The predicted molar refractivity (Wildman–Crippen MR) is 45.2 cm³/mol. The normalized spacial score (nSPS) is 9.62. The van der Waals surface area contributed by atoms with Gasteiger partial charge in [0, 0.05) is 11.1 Å². The Morgan fingerprint density at radius 1 is 1.46 bits per heavy atom. The summed E-state index contributed by atoms with van der Waals surface area (Å²) in [5.41, 5.74) is 0.389. The molecule has 0 bridgehead atoms. The molecule has 2 N–H and O–H groups in total. The molecule has 1 aromatic rings. The smallest absolute Gasteiger partial charge is 0.339 e. The molecular weight excluding hydrogens is 172 g/mol. The van der Waals surface area contributed by atoms with Crippen molar-refractivity contribution >= 4 is 12.3 Å². The Morgan fingerprint density at radius 3 is 2.54 bits per heavy atom. The van der Waals surface area contributed by atoms with Gasteiger partial charge in [-0.05, 0) is 13.0 Å². The summed E-state index contributed by atoms with van der Waals surface area (Å²) in [6, 6.07) is 2.57. The van der Waals surface area contributed by atoms with Crippen molar-refractivity contribution in [3.63, 3.8) is 0 Å². The van der Waals surface area contributed by atoms with Gasteiger partial charge in [-0.2, -0.15) is 0 Å². The summed E-state index contributed by atoms with van der Waals surface area (Å²) in [5.74, 6) is -1.56. The molecule has 0 aliphatic heterocycles. The molecule has 13 heavy (non-hydrogen) atoms. The molecule has 1 aromatic carbocycles. The molecule has 0 radical (unpaired) electrons. The Morgan fingerprint density at radius 2 is 2.08 bits per heavy atom. The van der Waals surface area contributed by atoms with E-state index >= 15 is 0 Å². The quantitative estimate of drug-likeness (QED) is 0.671. The summed E-state index contributed by atoms with van der Waals surface area (Å²) in [5, 5.41) is 17.9. The standard InChI is InChI=1S/C9H8O4/c1-5-6(4-10)2-3-7(8(5)11)9(12)13/h2-4,11H,1H3,(H,12,13). The maximum Gasteiger partial charge on any atom is 0.339 e. The summed E-state index contributed by atoms with van der Waals surface area (Å²) < 4.78 is 0. The molecule has 0 aromatic heterocycles. The monoisotopic (exact) mass is 180 g/mol. The van der Waals surface area contributed by atoms with Crippen molar-refractivity contribution in [2.45, 2.75) is 6.92 Å². The van der Waals surface area contributed by atoms with Gasteiger partial charge in [-0.15, -0.1) is 0 Å². The molecular formula is C9H8O4. The minimum absolute atomic E-state index is 0.192. The van der Waals surface area contributed by atoms with Crippen LogP contribution in [0.2, 0.25) is 0 Å². The Kier molecular flexibility index (Phi) is 2.32. The zero-order chi connectivity index (χ0) is 10.0. The Bertz CT molecular complexity index is 368. The van der Waals surface area contributed by atoms with Gasteiger partial charge < -0.3 is 10.2 Å². The SMILES string of the molecule is Cc1c(C=O)ccc(C(=O)O)c1O. The molecule has 0 fully saturated rings. The number of hydrogen-bond acceptors (Lipinski definition) is 3. The van der Waals surface area contributed by atoms with Crippen LogP contribution in [0.25, 0.3) is 0 Å². The van der Waals surface area contributed by atoms with Crippen LogP contribution in [0.4, 0.5) is 0 Å². The number of hydrogen-bond donors (Lipinski definition) is 2. The molecule has 0 spiro atoms. The third-order valence-corrected chi connectivity index (χ3v) is 1.83. The fourth-order valence-electron chi connectivity index (χ4n) is 1.02. The van der Waals surface area contributed by atoms with Gasteiger partial charge in [-0.1, -0.05) is 6.07 Å². The Labute approximate surface area is 74.4 Å². The first kappa shape index (κ1) is 9.25. The molecule has 0 saturated carbocycles. The highest BCUT2D eigenvalue weighted by Gasteiger charge is 2.13. The number of carbonyl (C=O) groups excluding carboxylic acids is 1. The van der Waals surface area contributed by atoms with Crippen molar-refractivity contribution in [2.75, 3.05) is 0 Å². The molecule has 68 valence electrons. The molecule has 4 heteroatoms. The van der Waals surface area contributed by atoms with Crippen LogP contribution in [0.3, 0.4) is 0 Å². The van der Waals surface area contributed by atoms with Crippen LogP contribution in [0.1, 0.15) is 26.3 Å². The number of phenols is 1. The van der Waals surface area contributed by atoms with Crippen LogP contribution >= 0.6 is 0 Å². The van der Waals surface area contributed by atoms with Crippen LogP contribution in [0, 0.1) is 6.92 Å². The van der Waals surface area contributed by atoms with E-state index in [1.165, 1.54) is 19.1 Å². The van der Waals surface area contributed by atoms with Crippen molar-refractivity contribution in [1.82, 2.24) is 0 Å². The average Bonchev–Trinajstić information content (AvgIpc) is 2.09. The zero-order valence-electron chi connectivity index (χ0n) is 6.94. The topological polar surface area (TPSA) is 74.6 Å². The number of carbonyl (C=O) groups is 2. The van der Waals surface area contributed by atoms with E-state index in [-0.39, 0.29) is 16.9 Å². The molecule has 0 unspecified atom stereocenters. The first-order valence-corrected chi connectivity index (χ1v) is 3.59. The Balaban J connectivity index is 3.39. The minimum atomic E-state index is -1.21. The Hall–Kier alpha value is -1.84. The maximum atomic E-state index is 10.5. The molecule has 0 aliphatic carbocycles. The van der Waals surface area contributed by atoms with E-state index < -0.39 is 5.97 Å². The van der Waals surface area contributed by atoms with Gasteiger partial charge in [0.2, 0.25) is 0 Å². The summed E-state index contributed by atoms with van der Waals surface area (Å²) in [6.45, 7) is 1.49. The fourth-order valence-corrected chi connectivity index (χ4v) is 1.02. The van der Waals surface area contributed by atoms with Gasteiger partial charge in [0.25, 0.3) is 0 Å². The minimum Gasteiger partial charge on any atom is -0.507 e. The van der Waals surface area contributed by atoms with E-state index in [1.807, 2.05) is 0 Å². The van der Waals surface area contributed by atoms with Crippen molar-refractivity contribution in [1.29, 1.82) is 0 Å². The molecule has 4 nitrogen and oxygen atoms in total. The zero-order valence-corrected chi connectivity index (χ0v) is 6.94. The number of aldehydes is 1. The van der Waals surface area contributed by atoms with Gasteiger partial charge in [0.05, 0.1) is 0 Å². The van der Waals surface area contributed by atoms with Crippen molar-refractivity contribution < 1.29 is 19.8 Å². The fraction of sp³-hybridized carbons (Fsp3) is 0.111. The number of rotatable bonds is 2. The summed E-state index contributed by atoms with van der Waals surface area (Å²) in [6.07, 6.45) is 0.570. The van der Waals surface area contributed by atoms with Crippen LogP contribution in [-0.2, 0) is 0 Å².